The van der Waals surface area contributed by atoms with Crippen LogP contribution in [0, 0.1) is 0 Å². The number of carbonyl (C=O) groups is 2. The molecule has 0 heterocycles. The summed E-state index contributed by atoms with van der Waals surface area (Å²) >= 11 is 0. The van der Waals surface area contributed by atoms with Crippen LogP contribution >= 0.6 is 0 Å². The van der Waals surface area contributed by atoms with Gasteiger partial charge in [-0.15, -0.1) is 0 Å². The monoisotopic (exact) mass is 509 g/mol. The van der Waals surface area contributed by atoms with Gasteiger partial charge in [0.2, 0.25) is 11.8 Å². The summed E-state index contributed by atoms with van der Waals surface area (Å²) in [6, 6.07) is 22.9. The highest BCUT2D eigenvalue weighted by Crippen LogP contribution is 2.27. The van der Waals surface area contributed by atoms with Crippen molar-refractivity contribution in [2.75, 3.05) is 24.5 Å². The first kappa shape index (κ1) is 26.7. The van der Waals surface area contributed by atoms with Gasteiger partial charge in [0, 0.05) is 19.2 Å². The molecule has 0 bridgehead atoms. The molecule has 2 amide bonds. The van der Waals surface area contributed by atoms with E-state index in [1.165, 1.54) is 24.1 Å². The molecule has 0 saturated heterocycles. The van der Waals surface area contributed by atoms with E-state index in [2.05, 4.69) is 5.32 Å². The molecule has 1 unspecified atom stereocenters. The maximum atomic E-state index is 13.7. The number of hydrogen-bond donors (Lipinski definition) is 1. The number of sulfonamides is 1. The summed E-state index contributed by atoms with van der Waals surface area (Å²) in [6.45, 7) is 3.49. The van der Waals surface area contributed by atoms with E-state index < -0.39 is 28.5 Å². The molecule has 1 N–H and O–H groups in total. The molecule has 0 aliphatic heterocycles. The predicted molar refractivity (Wildman–Crippen MR) is 139 cm³/mol. The summed E-state index contributed by atoms with van der Waals surface area (Å²) in [5.74, 6) is -0.384. The van der Waals surface area contributed by atoms with Crippen molar-refractivity contribution in [1.82, 2.24) is 10.2 Å². The third-order valence-electron chi connectivity index (χ3n) is 5.67. The fraction of sp³-hybridized carbons (Fsp3) is 0.259. The van der Waals surface area contributed by atoms with Crippen LogP contribution in [0.15, 0.2) is 89.8 Å². The zero-order valence-electron chi connectivity index (χ0n) is 20.6. The maximum Gasteiger partial charge on any atom is 0.264 e. The highest BCUT2D eigenvalue weighted by molar-refractivity contribution is 7.92. The molecule has 0 aliphatic rings. The van der Waals surface area contributed by atoms with Crippen LogP contribution in [-0.4, -0.2) is 51.4 Å². The van der Waals surface area contributed by atoms with E-state index in [-0.39, 0.29) is 23.0 Å². The molecule has 9 heteroatoms. The number of ether oxygens (including phenoxy) is 1. The molecular formula is C27H31N3O5S. The number of likely N-dealkylation sites (N-methyl/N-ethyl adjacent to an activating group) is 1. The van der Waals surface area contributed by atoms with Gasteiger partial charge in [-0.05, 0) is 43.7 Å². The van der Waals surface area contributed by atoms with Gasteiger partial charge in [0.15, 0.2) is 0 Å². The van der Waals surface area contributed by atoms with Gasteiger partial charge in [0.1, 0.15) is 18.3 Å². The first-order valence-corrected chi connectivity index (χ1v) is 13.0. The van der Waals surface area contributed by atoms with Crippen molar-refractivity contribution in [2.45, 2.75) is 31.3 Å². The normalized spacial score (nSPS) is 11.9. The molecule has 1 atom stereocenters. The van der Waals surface area contributed by atoms with Gasteiger partial charge >= 0.3 is 0 Å². The van der Waals surface area contributed by atoms with Gasteiger partial charge in [-0.25, -0.2) is 8.42 Å². The number of benzene rings is 3. The lowest BCUT2D eigenvalue weighted by molar-refractivity contribution is -0.139. The lowest BCUT2D eigenvalue weighted by Crippen LogP contribution is -2.51. The van der Waals surface area contributed by atoms with Crippen LogP contribution in [0.1, 0.15) is 19.4 Å². The van der Waals surface area contributed by atoms with Crippen molar-refractivity contribution >= 4 is 27.5 Å². The summed E-state index contributed by atoms with van der Waals surface area (Å²) in [4.78, 5) is 27.9. The minimum Gasteiger partial charge on any atom is -0.497 e. The molecule has 0 spiro atoms. The number of hydrogen-bond acceptors (Lipinski definition) is 5. The van der Waals surface area contributed by atoms with Gasteiger partial charge in [-0.2, -0.15) is 0 Å². The van der Waals surface area contributed by atoms with E-state index in [0.29, 0.717) is 12.3 Å². The number of rotatable bonds is 11. The number of carbonyl (C=O) groups excluding carboxylic acids is 2. The third-order valence-corrected chi connectivity index (χ3v) is 7.45. The Hall–Kier alpha value is -3.85. The quantitative estimate of drug-likeness (QED) is 0.427. The highest BCUT2D eigenvalue weighted by Gasteiger charge is 2.32. The van der Waals surface area contributed by atoms with Gasteiger partial charge in [-0.1, -0.05) is 54.6 Å². The summed E-state index contributed by atoms with van der Waals surface area (Å²) < 4.78 is 33.7. The molecule has 0 aromatic heterocycles. The van der Waals surface area contributed by atoms with Gasteiger partial charge in [0.05, 0.1) is 17.7 Å². The minimum atomic E-state index is -4.11. The molecular weight excluding hydrogens is 478 g/mol. The molecule has 36 heavy (non-hydrogen) atoms. The van der Waals surface area contributed by atoms with E-state index in [1.807, 2.05) is 30.3 Å². The van der Waals surface area contributed by atoms with Crippen LogP contribution in [0.3, 0.4) is 0 Å². The van der Waals surface area contributed by atoms with E-state index >= 15 is 0 Å². The van der Waals surface area contributed by atoms with E-state index in [1.54, 1.807) is 56.3 Å². The fourth-order valence-corrected chi connectivity index (χ4v) is 5.13. The SMILES string of the molecule is CCNC(=O)C(C)N(Cc1ccccc1)C(=O)CN(c1cccc(OC)c1)S(=O)(=O)c1ccccc1. The lowest BCUT2D eigenvalue weighted by atomic mass is 10.1. The number of methoxy groups -OCH3 is 1. The number of amides is 2. The molecule has 3 rings (SSSR count). The third kappa shape index (κ3) is 6.42. The van der Waals surface area contributed by atoms with Crippen LogP contribution in [-0.2, 0) is 26.2 Å². The summed E-state index contributed by atoms with van der Waals surface area (Å²) in [6.07, 6.45) is 0. The molecule has 3 aromatic carbocycles. The smallest absolute Gasteiger partial charge is 0.264 e. The van der Waals surface area contributed by atoms with Crippen LogP contribution in [0.25, 0.3) is 0 Å². The Balaban J connectivity index is 2.02. The first-order valence-electron chi connectivity index (χ1n) is 11.6. The molecule has 0 radical (unpaired) electrons. The molecule has 190 valence electrons. The van der Waals surface area contributed by atoms with Crippen LogP contribution in [0.2, 0.25) is 0 Å². The van der Waals surface area contributed by atoms with Crippen LogP contribution < -0.4 is 14.4 Å². The maximum absolute atomic E-state index is 13.7. The number of nitrogens with zero attached hydrogens (tertiary/aromatic N) is 2. The lowest BCUT2D eigenvalue weighted by Gasteiger charge is -2.32. The Bertz CT molecular complexity index is 1270. The molecule has 0 fully saturated rings. The molecule has 3 aromatic rings. The average Bonchev–Trinajstić information content (AvgIpc) is 2.91. The fourth-order valence-electron chi connectivity index (χ4n) is 3.70. The zero-order valence-corrected chi connectivity index (χ0v) is 21.4. The van der Waals surface area contributed by atoms with E-state index in [4.69, 9.17) is 4.74 Å². The first-order chi connectivity index (χ1) is 17.3. The van der Waals surface area contributed by atoms with Gasteiger partial charge in [-0.3, -0.25) is 13.9 Å². The van der Waals surface area contributed by atoms with Gasteiger partial charge in [0.25, 0.3) is 10.0 Å². The van der Waals surface area contributed by atoms with Crippen molar-refractivity contribution in [2.24, 2.45) is 0 Å². The summed E-state index contributed by atoms with van der Waals surface area (Å²) in [7, 11) is -2.62. The second-order valence-corrected chi connectivity index (χ2v) is 9.97. The largest absolute Gasteiger partial charge is 0.497 e. The number of anilines is 1. The topological polar surface area (TPSA) is 96.0 Å². The average molecular weight is 510 g/mol. The second kappa shape index (κ2) is 12.2. The van der Waals surface area contributed by atoms with Gasteiger partial charge < -0.3 is 15.0 Å². The second-order valence-electron chi connectivity index (χ2n) is 8.10. The Morgan fingerprint density at radius 3 is 2.19 bits per heavy atom. The zero-order chi connectivity index (χ0) is 26.1. The summed E-state index contributed by atoms with van der Waals surface area (Å²) in [5.41, 5.74) is 1.10. The standard InChI is InChI=1S/C27H31N3O5S/c1-4-28-27(32)21(2)29(19-22-12-7-5-8-13-22)26(31)20-30(23-14-11-15-24(18-23)35-3)36(33,34)25-16-9-6-10-17-25/h5-18,21H,4,19-20H2,1-3H3,(H,28,32). The molecule has 8 nitrogen and oxygen atoms in total. The predicted octanol–water partition coefficient (Wildman–Crippen LogP) is 3.44. The molecule has 0 aliphatic carbocycles. The number of nitrogens with one attached hydrogen (secondary N) is 1. The van der Waals surface area contributed by atoms with Crippen LogP contribution in [0.4, 0.5) is 5.69 Å². The highest BCUT2D eigenvalue weighted by atomic mass is 32.2. The van der Waals surface area contributed by atoms with E-state index in [9.17, 15) is 18.0 Å². The minimum absolute atomic E-state index is 0.0482. The van der Waals surface area contributed by atoms with Crippen molar-refractivity contribution in [3.63, 3.8) is 0 Å². The summed E-state index contributed by atoms with van der Waals surface area (Å²) in [5, 5.41) is 2.74. The van der Waals surface area contributed by atoms with Crippen molar-refractivity contribution in [3.8, 4) is 5.75 Å². The van der Waals surface area contributed by atoms with Crippen LogP contribution in [0.5, 0.6) is 5.75 Å². The Morgan fingerprint density at radius 1 is 0.944 bits per heavy atom. The Kier molecular flexibility index (Phi) is 9.08. The van der Waals surface area contributed by atoms with Crippen molar-refractivity contribution < 1.29 is 22.7 Å². The van der Waals surface area contributed by atoms with Crippen molar-refractivity contribution in [1.29, 1.82) is 0 Å². The molecule has 0 saturated carbocycles. The van der Waals surface area contributed by atoms with Crippen molar-refractivity contribution in [3.05, 3.63) is 90.5 Å². The Morgan fingerprint density at radius 2 is 1.58 bits per heavy atom. The van der Waals surface area contributed by atoms with E-state index in [0.717, 1.165) is 9.87 Å². The Labute approximate surface area is 212 Å².